The van der Waals surface area contributed by atoms with Crippen LogP contribution >= 0.6 is 39.1 Å². The fourth-order valence-corrected chi connectivity index (χ4v) is 3.07. The number of allylic oxidation sites excluding steroid dienone is 4. The molecule has 2 aromatic rings. The summed E-state index contributed by atoms with van der Waals surface area (Å²) in [4.78, 5) is 27.0. The molecule has 100 valence electrons. The zero-order valence-electron chi connectivity index (χ0n) is 9.84. The molecule has 1 aromatic heterocycles. The average molecular weight is 371 g/mol. The smallest absolute Gasteiger partial charge is 0.206 e. The molecule has 0 bridgehead atoms. The van der Waals surface area contributed by atoms with Gasteiger partial charge in [0.15, 0.2) is 5.78 Å². The molecule has 1 aliphatic rings. The molecule has 0 atom stereocenters. The second kappa shape index (κ2) is 4.88. The first-order chi connectivity index (χ1) is 9.50. The number of hydrogen-bond donors (Lipinski definition) is 1. The van der Waals surface area contributed by atoms with Gasteiger partial charge in [0.05, 0.1) is 21.2 Å². The first-order valence-electron chi connectivity index (χ1n) is 5.62. The number of benzene rings is 1. The van der Waals surface area contributed by atoms with Gasteiger partial charge in [-0.3, -0.25) is 9.59 Å². The predicted molar refractivity (Wildman–Crippen MR) is 82.7 cm³/mol. The molecule has 3 rings (SSSR count). The Kier molecular flexibility index (Phi) is 3.32. The van der Waals surface area contributed by atoms with E-state index in [0.29, 0.717) is 5.56 Å². The Morgan fingerprint density at radius 1 is 1.15 bits per heavy atom. The van der Waals surface area contributed by atoms with Crippen molar-refractivity contribution in [3.63, 3.8) is 0 Å². The fourth-order valence-electron chi connectivity index (χ4n) is 2.15. The van der Waals surface area contributed by atoms with E-state index in [1.165, 1.54) is 0 Å². The van der Waals surface area contributed by atoms with Gasteiger partial charge >= 0.3 is 0 Å². The zero-order valence-corrected chi connectivity index (χ0v) is 12.9. The number of aromatic nitrogens is 1. The minimum atomic E-state index is -0.462. The van der Waals surface area contributed by atoms with E-state index >= 15 is 0 Å². The largest absolute Gasteiger partial charge is 0.360 e. The third-order valence-corrected chi connectivity index (χ3v) is 4.39. The molecule has 0 unspecified atom stereocenters. The highest BCUT2D eigenvalue weighted by Gasteiger charge is 2.29. The molecule has 1 N–H and O–H groups in total. The van der Waals surface area contributed by atoms with E-state index in [0.717, 1.165) is 21.5 Å². The SMILES string of the molecule is O=C1C=C(Cl)C(=O)C(c2c[nH]c3c(Br)cccc23)=C1Cl. The van der Waals surface area contributed by atoms with E-state index in [4.69, 9.17) is 23.2 Å². The van der Waals surface area contributed by atoms with Crippen LogP contribution in [0.5, 0.6) is 0 Å². The van der Waals surface area contributed by atoms with Gasteiger partial charge in [0, 0.05) is 27.7 Å². The summed E-state index contributed by atoms with van der Waals surface area (Å²) in [6, 6.07) is 5.55. The maximum atomic E-state index is 12.2. The van der Waals surface area contributed by atoms with Crippen LogP contribution in [-0.2, 0) is 9.59 Å². The van der Waals surface area contributed by atoms with Crippen molar-refractivity contribution in [2.75, 3.05) is 0 Å². The van der Waals surface area contributed by atoms with Gasteiger partial charge in [0.1, 0.15) is 0 Å². The van der Waals surface area contributed by atoms with E-state index in [1.807, 2.05) is 18.2 Å². The van der Waals surface area contributed by atoms with Gasteiger partial charge in [-0.2, -0.15) is 0 Å². The highest BCUT2D eigenvalue weighted by molar-refractivity contribution is 9.10. The first-order valence-corrected chi connectivity index (χ1v) is 7.17. The van der Waals surface area contributed by atoms with E-state index in [2.05, 4.69) is 20.9 Å². The number of nitrogens with one attached hydrogen (secondary N) is 1. The third-order valence-electron chi connectivity index (χ3n) is 3.07. The van der Waals surface area contributed by atoms with Crippen LogP contribution in [0.3, 0.4) is 0 Å². The molecule has 0 amide bonds. The lowest BCUT2D eigenvalue weighted by molar-refractivity contribution is -0.113. The summed E-state index contributed by atoms with van der Waals surface area (Å²) in [6.07, 6.45) is 2.69. The van der Waals surface area contributed by atoms with Gasteiger partial charge in [-0.15, -0.1) is 0 Å². The minimum absolute atomic E-state index is 0.111. The van der Waals surface area contributed by atoms with Crippen LogP contribution in [0.2, 0.25) is 0 Å². The quantitative estimate of drug-likeness (QED) is 0.766. The van der Waals surface area contributed by atoms with Crippen LogP contribution in [0.15, 0.2) is 45.0 Å². The lowest BCUT2D eigenvalue weighted by Crippen LogP contribution is -2.13. The summed E-state index contributed by atoms with van der Waals surface area (Å²) in [5, 5.41) is 0.555. The normalized spacial score (nSPS) is 16.1. The van der Waals surface area contributed by atoms with Crippen molar-refractivity contribution in [3.8, 4) is 0 Å². The second-order valence-corrected chi connectivity index (χ2v) is 5.88. The molecule has 1 aliphatic carbocycles. The Morgan fingerprint density at radius 3 is 2.65 bits per heavy atom. The number of rotatable bonds is 1. The summed E-state index contributed by atoms with van der Waals surface area (Å²) in [5.41, 5.74) is 1.52. The number of carbonyl (C=O) groups excluding carboxylic acids is 2. The number of hydrogen-bond acceptors (Lipinski definition) is 2. The van der Waals surface area contributed by atoms with Gasteiger partial charge in [0.25, 0.3) is 0 Å². The van der Waals surface area contributed by atoms with Crippen molar-refractivity contribution < 1.29 is 9.59 Å². The molecule has 3 nitrogen and oxygen atoms in total. The van der Waals surface area contributed by atoms with Gasteiger partial charge in [-0.25, -0.2) is 0 Å². The molecule has 1 aromatic carbocycles. The van der Waals surface area contributed by atoms with Crippen LogP contribution < -0.4 is 0 Å². The van der Waals surface area contributed by atoms with Gasteiger partial charge in [-0.1, -0.05) is 35.3 Å². The molecule has 6 heteroatoms. The molecule has 0 saturated carbocycles. The predicted octanol–water partition coefficient (Wildman–Crippen LogP) is 4.15. The number of halogens is 3. The fraction of sp³-hybridized carbons (Fsp3) is 0. The Bertz CT molecular complexity index is 833. The number of aromatic amines is 1. The lowest BCUT2D eigenvalue weighted by atomic mass is 9.95. The molecule has 0 aliphatic heterocycles. The molecular weight excluding hydrogens is 365 g/mol. The zero-order chi connectivity index (χ0) is 14.4. The molecule has 0 spiro atoms. The Balaban J connectivity index is 2.30. The third kappa shape index (κ3) is 1.95. The number of para-hydroxylation sites is 1. The van der Waals surface area contributed by atoms with Crippen molar-refractivity contribution in [1.82, 2.24) is 4.98 Å². The topological polar surface area (TPSA) is 49.9 Å². The number of H-pyrrole nitrogens is 1. The second-order valence-electron chi connectivity index (χ2n) is 4.24. The van der Waals surface area contributed by atoms with E-state index in [1.54, 1.807) is 6.20 Å². The van der Waals surface area contributed by atoms with Gasteiger partial charge < -0.3 is 4.98 Å². The number of fused-ring (bicyclic) bond motifs is 1. The van der Waals surface area contributed by atoms with E-state index in [-0.39, 0.29) is 15.6 Å². The molecule has 0 saturated heterocycles. The van der Waals surface area contributed by atoms with Crippen molar-refractivity contribution in [3.05, 3.63) is 50.6 Å². The minimum Gasteiger partial charge on any atom is -0.360 e. The Hall–Kier alpha value is -1.36. The first kappa shape index (κ1) is 13.6. The van der Waals surface area contributed by atoms with Gasteiger partial charge in [0.2, 0.25) is 5.78 Å². The standard InChI is InChI=1S/C14H6BrCl2NO2/c15-8-3-1-2-6-7(5-18-13(6)8)11-12(17)10(19)4-9(16)14(11)20/h1-5,18H. The van der Waals surface area contributed by atoms with Crippen LogP contribution in [-0.4, -0.2) is 16.6 Å². The van der Waals surface area contributed by atoms with E-state index in [9.17, 15) is 9.59 Å². The van der Waals surface area contributed by atoms with Crippen LogP contribution in [0.4, 0.5) is 0 Å². The lowest BCUT2D eigenvalue weighted by Gasteiger charge is -2.11. The van der Waals surface area contributed by atoms with Gasteiger partial charge in [-0.05, 0) is 22.0 Å². The molecule has 0 radical (unpaired) electrons. The van der Waals surface area contributed by atoms with Crippen molar-refractivity contribution in [1.29, 1.82) is 0 Å². The molecular formula is C14H6BrCl2NO2. The molecule has 1 heterocycles. The molecule has 20 heavy (non-hydrogen) atoms. The van der Waals surface area contributed by atoms with Crippen LogP contribution in [0, 0.1) is 0 Å². The number of carbonyl (C=O) groups is 2. The van der Waals surface area contributed by atoms with Crippen molar-refractivity contribution in [2.45, 2.75) is 0 Å². The Labute approximate surface area is 132 Å². The monoisotopic (exact) mass is 369 g/mol. The van der Waals surface area contributed by atoms with Crippen molar-refractivity contribution in [2.24, 2.45) is 0 Å². The van der Waals surface area contributed by atoms with E-state index < -0.39 is 11.6 Å². The summed E-state index contributed by atoms with van der Waals surface area (Å²) in [7, 11) is 0. The Morgan fingerprint density at radius 2 is 1.90 bits per heavy atom. The summed E-state index contributed by atoms with van der Waals surface area (Å²) in [6.45, 7) is 0. The highest BCUT2D eigenvalue weighted by Crippen LogP contribution is 2.36. The maximum Gasteiger partial charge on any atom is 0.206 e. The summed E-state index contributed by atoms with van der Waals surface area (Å²) >= 11 is 15.2. The van der Waals surface area contributed by atoms with Crippen molar-refractivity contribution >= 4 is 67.2 Å². The molecule has 0 fully saturated rings. The van der Waals surface area contributed by atoms with Crippen LogP contribution in [0.1, 0.15) is 5.56 Å². The summed E-state index contributed by atoms with van der Waals surface area (Å²) in [5.74, 6) is -0.909. The maximum absolute atomic E-state index is 12.2. The average Bonchev–Trinajstić information content (AvgIpc) is 2.83. The summed E-state index contributed by atoms with van der Waals surface area (Å²) < 4.78 is 0.856. The number of ketones is 2. The number of Topliss-reactive ketones (excluding diaryl/α,β-unsaturated/α-hetero) is 1. The highest BCUT2D eigenvalue weighted by atomic mass is 79.9. The van der Waals surface area contributed by atoms with Crippen LogP contribution in [0.25, 0.3) is 16.5 Å².